The third-order valence-corrected chi connectivity index (χ3v) is 9.17. The van der Waals surface area contributed by atoms with Gasteiger partial charge in [-0.15, -0.1) is 0 Å². The lowest BCUT2D eigenvalue weighted by Crippen LogP contribution is -2.47. The molecule has 0 saturated carbocycles. The largest absolute Gasteiger partial charge is 0.459 e. The Bertz CT molecular complexity index is 2030. The molecule has 0 aromatic heterocycles. The van der Waals surface area contributed by atoms with Crippen molar-refractivity contribution in [2.24, 2.45) is 5.73 Å². The number of unbranched alkanes of at least 4 members (excludes halogenated alkanes) is 1. The fourth-order valence-corrected chi connectivity index (χ4v) is 5.97. The topological polar surface area (TPSA) is 281 Å². The summed E-state index contributed by atoms with van der Waals surface area (Å²) in [6.45, 7) is 15.7. The standard InChI is InChI=1S/C50H75N7O13/c1-48(2,3)68-45(63)37(51)24-26-41(59)57-39(46(64)69-49(4,5)6)25-27-40(58)52-29-30-66-31-32-67-33-42(60)56-38(44(62)54-35-17-13-11-10-12-14-18-35)19-15-16-28-53-43(61)34-20-22-36(23-21-34)55-47(65)70-50(7,8)9/h10-14,17-18,20-23,37-39H,15-16,19,24-33,51H2,1-9H3,(H,52,58)(H,53,61)(H,54,62)(H,55,65)(H,56,60)(H,57,59)/b11-10-,12-10?,13-11?,14-12-,17-13?,18-14?,35-17?,35-18?/t37-,38-,39-/m0/s1. The summed E-state index contributed by atoms with van der Waals surface area (Å²) in [6, 6.07) is 3.27. The Morgan fingerprint density at radius 3 is 1.84 bits per heavy atom. The molecule has 1 aromatic rings. The lowest BCUT2D eigenvalue weighted by molar-refractivity contribution is -0.159. The summed E-state index contributed by atoms with van der Waals surface area (Å²) < 4.78 is 26.9. The van der Waals surface area contributed by atoms with Gasteiger partial charge < -0.3 is 56.0 Å². The van der Waals surface area contributed by atoms with Gasteiger partial charge in [0.05, 0.1) is 19.8 Å². The van der Waals surface area contributed by atoms with Crippen molar-refractivity contribution in [1.29, 1.82) is 0 Å². The SMILES string of the molecule is CC(C)(C)OC(=O)Nc1ccc(C(=O)NCCCC[C@H](NC(=O)COCCOCCNC(=O)CC[C@H](NC(=O)CC[C@H](N)C(=O)OC(C)(C)C)C(=O)OC(C)(C)C)C(=O)NC2=C/C=C\C=C/C=C2)cc1. The number of nitrogens with one attached hydrogen (secondary N) is 6. The number of nitrogens with two attached hydrogens (primary N) is 1. The van der Waals surface area contributed by atoms with Gasteiger partial charge in [0, 0.05) is 42.9 Å². The summed E-state index contributed by atoms with van der Waals surface area (Å²) in [6.07, 6.45) is 12.8. The number of hydrogen-bond acceptors (Lipinski definition) is 14. The van der Waals surface area contributed by atoms with Gasteiger partial charge in [0.15, 0.2) is 0 Å². The highest BCUT2D eigenvalue weighted by atomic mass is 16.6. The second-order valence-electron chi connectivity index (χ2n) is 19.2. The summed E-state index contributed by atoms with van der Waals surface area (Å²) in [5.41, 5.74) is 5.04. The van der Waals surface area contributed by atoms with Gasteiger partial charge in [-0.3, -0.25) is 34.1 Å². The maximum Gasteiger partial charge on any atom is 0.412 e. The minimum Gasteiger partial charge on any atom is -0.459 e. The van der Waals surface area contributed by atoms with Gasteiger partial charge in [-0.25, -0.2) is 9.59 Å². The molecule has 1 aliphatic rings. The molecule has 388 valence electrons. The molecule has 6 amide bonds. The van der Waals surface area contributed by atoms with E-state index in [0.717, 1.165) is 0 Å². The summed E-state index contributed by atoms with van der Waals surface area (Å²) in [5, 5.41) is 16.3. The van der Waals surface area contributed by atoms with Crippen LogP contribution >= 0.6 is 0 Å². The van der Waals surface area contributed by atoms with Gasteiger partial charge >= 0.3 is 18.0 Å². The fourth-order valence-electron chi connectivity index (χ4n) is 5.97. The molecule has 0 saturated heterocycles. The average Bonchev–Trinajstić information content (AvgIpc) is 3.23. The van der Waals surface area contributed by atoms with Crippen LogP contribution in [0.4, 0.5) is 10.5 Å². The lowest BCUT2D eigenvalue weighted by Gasteiger charge is -2.25. The molecule has 1 aliphatic carbocycles. The number of esters is 2. The van der Waals surface area contributed by atoms with Gasteiger partial charge in [-0.1, -0.05) is 30.4 Å². The molecule has 0 spiro atoms. The first kappa shape index (κ1) is 59.7. The molecular formula is C50H75N7O13. The van der Waals surface area contributed by atoms with Crippen LogP contribution in [0.5, 0.6) is 0 Å². The zero-order valence-corrected chi connectivity index (χ0v) is 42.2. The highest BCUT2D eigenvalue weighted by Crippen LogP contribution is 2.15. The van der Waals surface area contributed by atoms with Crippen LogP contribution in [0.2, 0.25) is 0 Å². The fraction of sp³-hybridized carbons (Fsp3) is 0.560. The van der Waals surface area contributed by atoms with Crippen LogP contribution in [0.25, 0.3) is 0 Å². The van der Waals surface area contributed by atoms with Crippen molar-refractivity contribution < 1.29 is 62.0 Å². The minimum absolute atomic E-state index is 0.0156. The summed E-state index contributed by atoms with van der Waals surface area (Å²) in [5.74, 6) is -3.58. The number of hydrogen-bond donors (Lipinski definition) is 7. The van der Waals surface area contributed by atoms with E-state index in [-0.39, 0.29) is 71.0 Å². The number of allylic oxidation sites excluding steroid dienone is 7. The van der Waals surface area contributed by atoms with E-state index in [1.807, 2.05) is 18.2 Å². The first-order valence-electron chi connectivity index (χ1n) is 23.4. The Kier molecular flexibility index (Phi) is 25.8. The number of ether oxygens (including phenoxy) is 5. The molecular weight excluding hydrogens is 907 g/mol. The number of rotatable bonds is 27. The van der Waals surface area contributed by atoms with Crippen molar-refractivity contribution in [3.8, 4) is 0 Å². The van der Waals surface area contributed by atoms with Crippen LogP contribution in [0.15, 0.2) is 72.5 Å². The molecule has 0 heterocycles. The Labute approximate surface area is 411 Å². The zero-order valence-electron chi connectivity index (χ0n) is 42.2. The normalized spacial score (nSPS) is 14.7. The molecule has 0 fully saturated rings. The van der Waals surface area contributed by atoms with Crippen LogP contribution in [-0.4, -0.2) is 122 Å². The van der Waals surface area contributed by atoms with Gasteiger partial charge in [0.2, 0.25) is 23.6 Å². The van der Waals surface area contributed by atoms with Crippen LogP contribution < -0.4 is 37.6 Å². The molecule has 0 aliphatic heterocycles. The van der Waals surface area contributed by atoms with Crippen molar-refractivity contribution in [2.75, 3.05) is 44.8 Å². The number of anilines is 1. The predicted octanol–water partition coefficient (Wildman–Crippen LogP) is 4.31. The number of carbonyl (C=O) groups is 8. The zero-order chi connectivity index (χ0) is 52.3. The van der Waals surface area contributed by atoms with Crippen molar-refractivity contribution in [2.45, 2.75) is 142 Å². The van der Waals surface area contributed by atoms with Gasteiger partial charge in [0.1, 0.15) is 41.5 Å². The molecule has 0 unspecified atom stereocenters. The van der Waals surface area contributed by atoms with Crippen molar-refractivity contribution in [1.82, 2.24) is 26.6 Å². The molecule has 1 aromatic carbocycles. The van der Waals surface area contributed by atoms with Gasteiger partial charge in [-0.05, 0) is 131 Å². The Balaban J connectivity index is 1.79. The van der Waals surface area contributed by atoms with E-state index in [2.05, 4.69) is 31.9 Å². The molecule has 20 nitrogen and oxygen atoms in total. The molecule has 2 rings (SSSR count). The van der Waals surface area contributed by atoms with Gasteiger partial charge in [0.25, 0.3) is 5.91 Å². The van der Waals surface area contributed by atoms with Crippen LogP contribution in [0, 0.1) is 0 Å². The first-order chi connectivity index (χ1) is 32.8. The van der Waals surface area contributed by atoms with E-state index in [1.165, 1.54) is 0 Å². The Morgan fingerprint density at radius 2 is 1.17 bits per heavy atom. The molecule has 3 atom stereocenters. The monoisotopic (exact) mass is 982 g/mol. The number of benzene rings is 1. The Morgan fingerprint density at radius 1 is 0.571 bits per heavy atom. The van der Waals surface area contributed by atoms with Crippen molar-refractivity contribution >= 4 is 53.3 Å². The average molecular weight is 982 g/mol. The van der Waals surface area contributed by atoms with Crippen LogP contribution in [-0.2, 0) is 52.5 Å². The molecule has 0 radical (unpaired) electrons. The highest BCUT2D eigenvalue weighted by molar-refractivity contribution is 5.95. The van der Waals surface area contributed by atoms with E-state index in [9.17, 15) is 38.4 Å². The van der Waals surface area contributed by atoms with E-state index in [4.69, 9.17) is 29.4 Å². The summed E-state index contributed by atoms with van der Waals surface area (Å²) in [7, 11) is 0. The quantitative estimate of drug-likeness (QED) is 0.0368. The van der Waals surface area contributed by atoms with E-state index in [0.29, 0.717) is 36.3 Å². The molecule has 0 bridgehead atoms. The third kappa shape index (κ3) is 28.2. The van der Waals surface area contributed by atoms with Crippen molar-refractivity contribution in [3.05, 3.63) is 78.1 Å². The number of amides is 6. The highest BCUT2D eigenvalue weighted by Gasteiger charge is 2.29. The van der Waals surface area contributed by atoms with Gasteiger partial charge in [-0.2, -0.15) is 0 Å². The molecule has 20 heteroatoms. The smallest absolute Gasteiger partial charge is 0.412 e. The maximum absolute atomic E-state index is 13.4. The van der Waals surface area contributed by atoms with Crippen molar-refractivity contribution in [3.63, 3.8) is 0 Å². The van der Waals surface area contributed by atoms with E-state index >= 15 is 0 Å². The maximum atomic E-state index is 13.4. The third-order valence-electron chi connectivity index (χ3n) is 9.17. The van der Waals surface area contributed by atoms with E-state index in [1.54, 1.807) is 111 Å². The molecule has 70 heavy (non-hydrogen) atoms. The minimum atomic E-state index is -1.13. The lowest BCUT2D eigenvalue weighted by atomic mass is 10.1. The summed E-state index contributed by atoms with van der Waals surface area (Å²) >= 11 is 0. The second-order valence-corrected chi connectivity index (χ2v) is 19.2. The Hall–Kier alpha value is -6.38. The second kappa shape index (κ2) is 30.3. The number of carbonyl (C=O) groups excluding carboxylic acids is 8. The molecule has 8 N–H and O–H groups in total. The van der Waals surface area contributed by atoms with Crippen LogP contribution in [0.1, 0.15) is 118 Å². The first-order valence-corrected chi connectivity index (χ1v) is 23.4. The van der Waals surface area contributed by atoms with E-state index < -0.39 is 76.6 Å². The van der Waals surface area contributed by atoms with Crippen LogP contribution in [0.3, 0.4) is 0 Å². The summed E-state index contributed by atoms with van der Waals surface area (Å²) in [4.78, 5) is 102. The predicted molar refractivity (Wildman–Crippen MR) is 263 cm³/mol.